The van der Waals surface area contributed by atoms with Crippen molar-refractivity contribution in [2.75, 3.05) is 0 Å². The fourth-order valence-electron chi connectivity index (χ4n) is 1.34. The molecule has 2 aromatic carbocycles. The Morgan fingerprint density at radius 1 is 0.944 bits per heavy atom. The predicted octanol–water partition coefficient (Wildman–Crippen LogP) is 5.06. The lowest BCUT2D eigenvalue weighted by atomic mass is 10.2. The monoisotopic (exact) mass is 386 g/mol. The van der Waals surface area contributed by atoms with Gasteiger partial charge >= 0.3 is 5.97 Å². The highest BCUT2D eigenvalue weighted by molar-refractivity contribution is 9.13. The van der Waals surface area contributed by atoms with Gasteiger partial charge in [-0.15, -0.1) is 0 Å². The number of benzene rings is 2. The molecule has 2 nitrogen and oxygen atoms in total. The van der Waals surface area contributed by atoms with Crippen LogP contribution in [0.15, 0.2) is 61.2 Å². The van der Waals surface area contributed by atoms with Crippen molar-refractivity contribution in [2.45, 2.75) is 9.79 Å². The van der Waals surface area contributed by atoms with E-state index in [1.54, 1.807) is 23.9 Å². The molecule has 18 heavy (non-hydrogen) atoms. The van der Waals surface area contributed by atoms with E-state index < -0.39 is 5.97 Å². The summed E-state index contributed by atoms with van der Waals surface area (Å²) >= 11 is 8.46. The predicted molar refractivity (Wildman–Crippen MR) is 79.4 cm³/mol. The molecule has 2 rings (SSSR count). The van der Waals surface area contributed by atoms with Crippen molar-refractivity contribution in [3.05, 3.63) is 57.0 Å². The fourth-order valence-corrected chi connectivity index (χ4v) is 2.98. The van der Waals surface area contributed by atoms with Crippen LogP contribution in [0.5, 0.6) is 0 Å². The largest absolute Gasteiger partial charge is 0.478 e. The van der Waals surface area contributed by atoms with Gasteiger partial charge < -0.3 is 5.11 Å². The van der Waals surface area contributed by atoms with Crippen LogP contribution in [-0.4, -0.2) is 11.1 Å². The van der Waals surface area contributed by atoms with Gasteiger partial charge in [0.25, 0.3) is 0 Å². The molecule has 0 spiro atoms. The Labute approximate surface area is 126 Å². The molecule has 0 heterocycles. The molecule has 0 saturated carbocycles. The molecule has 0 saturated heterocycles. The summed E-state index contributed by atoms with van der Waals surface area (Å²) in [6.07, 6.45) is 0. The minimum atomic E-state index is -0.905. The van der Waals surface area contributed by atoms with Gasteiger partial charge in [-0.3, -0.25) is 0 Å². The zero-order chi connectivity index (χ0) is 13.1. The molecule has 2 aromatic rings. The first-order valence-electron chi connectivity index (χ1n) is 5.02. The lowest BCUT2D eigenvalue weighted by molar-refractivity contribution is 0.0697. The van der Waals surface area contributed by atoms with E-state index in [1.807, 2.05) is 30.3 Å². The van der Waals surface area contributed by atoms with E-state index in [9.17, 15) is 4.79 Å². The number of carboxylic acid groups (broad SMARTS) is 1. The van der Waals surface area contributed by atoms with Crippen molar-refractivity contribution >= 4 is 49.6 Å². The average Bonchev–Trinajstić information content (AvgIpc) is 2.34. The van der Waals surface area contributed by atoms with Crippen LogP contribution in [0.1, 0.15) is 10.4 Å². The molecule has 0 aliphatic carbocycles. The standard InChI is InChI=1S/C13H8Br2O2S/c14-11-6-5-10(7-12(11)15)18-9-3-1-8(2-4-9)13(16)17/h1-7H,(H,16,17). The van der Waals surface area contributed by atoms with E-state index in [-0.39, 0.29) is 0 Å². The van der Waals surface area contributed by atoms with E-state index in [0.29, 0.717) is 5.56 Å². The summed E-state index contributed by atoms with van der Waals surface area (Å²) < 4.78 is 2.00. The summed E-state index contributed by atoms with van der Waals surface area (Å²) in [5.74, 6) is -0.905. The van der Waals surface area contributed by atoms with Crippen LogP contribution in [0.3, 0.4) is 0 Å². The molecule has 0 fully saturated rings. The molecule has 5 heteroatoms. The maximum Gasteiger partial charge on any atom is 0.335 e. The highest BCUT2D eigenvalue weighted by Gasteiger charge is 2.04. The molecule has 1 N–H and O–H groups in total. The lowest BCUT2D eigenvalue weighted by Crippen LogP contribution is -1.94. The topological polar surface area (TPSA) is 37.3 Å². The normalized spacial score (nSPS) is 10.3. The minimum absolute atomic E-state index is 0.302. The second-order valence-electron chi connectivity index (χ2n) is 3.51. The molecule has 0 atom stereocenters. The summed E-state index contributed by atoms with van der Waals surface area (Å²) in [7, 11) is 0. The van der Waals surface area contributed by atoms with Crippen molar-refractivity contribution in [3.63, 3.8) is 0 Å². The molecule has 0 radical (unpaired) electrons. The number of aromatic carboxylic acids is 1. The first kappa shape index (κ1) is 13.6. The van der Waals surface area contributed by atoms with Gasteiger partial charge in [-0.05, 0) is 74.3 Å². The van der Waals surface area contributed by atoms with Gasteiger partial charge in [0.15, 0.2) is 0 Å². The third-order valence-electron chi connectivity index (χ3n) is 2.23. The minimum Gasteiger partial charge on any atom is -0.478 e. The Bertz CT molecular complexity index is 582. The molecule has 0 aromatic heterocycles. The Morgan fingerprint density at radius 3 is 2.11 bits per heavy atom. The van der Waals surface area contributed by atoms with Crippen LogP contribution in [0.4, 0.5) is 0 Å². The Hall–Kier alpha value is -0.780. The fraction of sp³-hybridized carbons (Fsp3) is 0. The number of halogens is 2. The summed E-state index contributed by atoms with van der Waals surface area (Å²) in [5.41, 5.74) is 0.302. The first-order valence-corrected chi connectivity index (χ1v) is 7.43. The Kier molecular flexibility index (Phi) is 4.48. The van der Waals surface area contributed by atoms with Crippen LogP contribution in [0.2, 0.25) is 0 Å². The third-order valence-corrected chi connectivity index (χ3v) is 5.11. The second-order valence-corrected chi connectivity index (χ2v) is 6.36. The van der Waals surface area contributed by atoms with Gasteiger partial charge in [-0.1, -0.05) is 11.8 Å². The lowest BCUT2D eigenvalue weighted by Gasteiger charge is -2.04. The van der Waals surface area contributed by atoms with Crippen LogP contribution in [-0.2, 0) is 0 Å². The van der Waals surface area contributed by atoms with Crippen molar-refractivity contribution in [2.24, 2.45) is 0 Å². The summed E-state index contributed by atoms with van der Waals surface area (Å²) in [4.78, 5) is 12.8. The number of carboxylic acids is 1. The second kappa shape index (κ2) is 5.91. The van der Waals surface area contributed by atoms with Gasteiger partial charge in [0.2, 0.25) is 0 Å². The highest BCUT2D eigenvalue weighted by atomic mass is 79.9. The Balaban J connectivity index is 2.18. The van der Waals surface area contributed by atoms with E-state index in [0.717, 1.165) is 18.7 Å². The average molecular weight is 388 g/mol. The van der Waals surface area contributed by atoms with Crippen LogP contribution >= 0.6 is 43.6 Å². The van der Waals surface area contributed by atoms with Crippen molar-refractivity contribution < 1.29 is 9.90 Å². The van der Waals surface area contributed by atoms with Gasteiger partial charge in [0.05, 0.1) is 5.56 Å². The smallest absolute Gasteiger partial charge is 0.335 e. The summed E-state index contributed by atoms with van der Waals surface area (Å²) in [5, 5.41) is 8.81. The SMILES string of the molecule is O=C(O)c1ccc(Sc2ccc(Br)c(Br)c2)cc1. The molecule has 0 bridgehead atoms. The maximum absolute atomic E-state index is 10.7. The van der Waals surface area contributed by atoms with Crippen LogP contribution < -0.4 is 0 Å². The highest BCUT2D eigenvalue weighted by Crippen LogP contribution is 2.32. The first-order chi connectivity index (χ1) is 8.56. The third kappa shape index (κ3) is 3.37. The van der Waals surface area contributed by atoms with E-state index >= 15 is 0 Å². The van der Waals surface area contributed by atoms with Crippen molar-refractivity contribution in [1.82, 2.24) is 0 Å². The zero-order valence-electron chi connectivity index (χ0n) is 9.06. The Morgan fingerprint density at radius 2 is 1.56 bits per heavy atom. The molecule has 92 valence electrons. The molecular formula is C13H8Br2O2S. The number of carbonyl (C=O) groups is 1. The van der Waals surface area contributed by atoms with Gasteiger partial charge in [-0.25, -0.2) is 4.79 Å². The van der Waals surface area contributed by atoms with Gasteiger partial charge in [0.1, 0.15) is 0 Å². The maximum atomic E-state index is 10.7. The molecule has 0 unspecified atom stereocenters. The van der Waals surface area contributed by atoms with Crippen LogP contribution in [0, 0.1) is 0 Å². The number of hydrogen-bond acceptors (Lipinski definition) is 2. The summed E-state index contributed by atoms with van der Waals surface area (Å²) in [6.45, 7) is 0. The van der Waals surface area contributed by atoms with E-state index in [2.05, 4.69) is 31.9 Å². The summed E-state index contributed by atoms with van der Waals surface area (Å²) in [6, 6.07) is 12.8. The quantitative estimate of drug-likeness (QED) is 0.799. The van der Waals surface area contributed by atoms with E-state index in [4.69, 9.17) is 5.11 Å². The van der Waals surface area contributed by atoms with E-state index in [1.165, 1.54) is 0 Å². The number of rotatable bonds is 3. The van der Waals surface area contributed by atoms with Gasteiger partial charge in [-0.2, -0.15) is 0 Å². The van der Waals surface area contributed by atoms with Crippen LogP contribution in [0.25, 0.3) is 0 Å². The van der Waals surface area contributed by atoms with Crippen molar-refractivity contribution in [3.8, 4) is 0 Å². The molecular weight excluding hydrogens is 380 g/mol. The molecule has 0 amide bonds. The molecule has 0 aliphatic heterocycles. The molecule has 0 aliphatic rings. The zero-order valence-corrected chi connectivity index (χ0v) is 13.0. The van der Waals surface area contributed by atoms with Gasteiger partial charge in [0, 0.05) is 18.7 Å². The number of hydrogen-bond donors (Lipinski definition) is 1. The van der Waals surface area contributed by atoms with Crippen molar-refractivity contribution in [1.29, 1.82) is 0 Å².